The maximum absolute atomic E-state index is 12.6. The van der Waals surface area contributed by atoms with Crippen molar-refractivity contribution in [2.24, 2.45) is 0 Å². The van der Waals surface area contributed by atoms with E-state index in [0.717, 1.165) is 36.4 Å². The van der Waals surface area contributed by atoms with Crippen LogP contribution in [-0.4, -0.2) is 34.3 Å². The number of ether oxygens (including phenoxy) is 2. The number of benzene rings is 1. The van der Waals surface area contributed by atoms with Gasteiger partial charge < -0.3 is 19.4 Å². The third-order valence-corrected chi connectivity index (χ3v) is 5.44. The summed E-state index contributed by atoms with van der Waals surface area (Å²) in [6.07, 6.45) is 6.63. The Bertz CT molecular complexity index is 780. The number of hydrogen-bond donors (Lipinski definition) is 1. The van der Waals surface area contributed by atoms with Gasteiger partial charge in [-0.2, -0.15) is 0 Å². The molecule has 1 fully saturated rings. The van der Waals surface area contributed by atoms with E-state index in [9.17, 15) is 4.79 Å². The smallest absolute Gasteiger partial charge is 0.222 e. The first-order valence-electron chi connectivity index (χ1n) is 9.28. The summed E-state index contributed by atoms with van der Waals surface area (Å²) in [6.45, 7) is 4.01. The van der Waals surface area contributed by atoms with Gasteiger partial charge in [0.05, 0.1) is 19.3 Å². The molecular weight excluding hydrogens is 330 g/mol. The summed E-state index contributed by atoms with van der Waals surface area (Å²) in [5.74, 6) is 1.87. The van der Waals surface area contributed by atoms with Crippen molar-refractivity contribution in [3.63, 3.8) is 0 Å². The maximum Gasteiger partial charge on any atom is 0.222 e. The molecule has 1 saturated heterocycles. The largest absolute Gasteiger partial charge is 0.487 e. The van der Waals surface area contributed by atoms with Crippen molar-refractivity contribution in [3.05, 3.63) is 48.0 Å². The first kappa shape index (κ1) is 17.1. The molecule has 6 heteroatoms. The van der Waals surface area contributed by atoms with Gasteiger partial charge in [0.15, 0.2) is 0 Å². The van der Waals surface area contributed by atoms with Crippen molar-refractivity contribution in [1.29, 1.82) is 0 Å². The van der Waals surface area contributed by atoms with E-state index in [-0.39, 0.29) is 17.6 Å². The highest BCUT2D eigenvalue weighted by molar-refractivity contribution is 5.76. The highest BCUT2D eigenvalue weighted by Crippen LogP contribution is 2.43. The first-order valence-corrected chi connectivity index (χ1v) is 9.28. The van der Waals surface area contributed by atoms with Gasteiger partial charge in [-0.25, -0.2) is 4.98 Å². The van der Waals surface area contributed by atoms with Crippen LogP contribution in [0.1, 0.15) is 43.1 Å². The lowest BCUT2D eigenvalue weighted by Crippen LogP contribution is -2.48. The molecule has 2 aromatic rings. The van der Waals surface area contributed by atoms with Crippen LogP contribution in [0.25, 0.3) is 0 Å². The second kappa shape index (κ2) is 7.11. The number of rotatable bonds is 4. The average Bonchev–Trinajstić information content (AvgIpc) is 3.05. The highest BCUT2D eigenvalue weighted by atomic mass is 16.5. The quantitative estimate of drug-likeness (QED) is 0.916. The van der Waals surface area contributed by atoms with Crippen LogP contribution in [0, 0.1) is 6.92 Å². The number of nitrogens with zero attached hydrogens (tertiary/aromatic N) is 2. The second-order valence-electron chi connectivity index (χ2n) is 7.18. The van der Waals surface area contributed by atoms with Crippen molar-refractivity contribution in [2.45, 2.75) is 50.8 Å². The molecule has 4 rings (SSSR count). The summed E-state index contributed by atoms with van der Waals surface area (Å²) in [5, 5.41) is 3.24. The molecule has 1 N–H and O–H groups in total. The number of carbonyl (C=O) groups is 1. The molecule has 6 nitrogen and oxygen atoms in total. The van der Waals surface area contributed by atoms with Crippen LogP contribution >= 0.6 is 0 Å². The molecule has 0 aliphatic carbocycles. The van der Waals surface area contributed by atoms with Gasteiger partial charge in [-0.05, 0) is 13.0 Å². The third-order valence-electron chi connectivity index (χ3n) is 5.44. The molecule has 26 heavy (non-hydrogen) atoms. The Hall–Kier alpha value is -2.34. The Labute approximate surface area is 153 Å². The zero-order chi connectivity index (χ0) is 18.0. The lowest BCUT2D eigenvalue weighted by atomic mass is 9.82. The lowest BCUT2D eigenvalue weighted by Gasteiger charge is -2.44. The van der Waals surface area contributed by atoms with Gasteiger partial charge in [-0.3, -0.25) is 4.79 Å². The van der Waals surface area contributed by atoms with Crippen LogP contribution < -0.4 is 10.1 Å². The van der Waals surface area contributed by atoms with Crippen LogP contribution in [-0.2, 0) is 16.1 Å². The monoisotopic (exact) mass is 355 g/mol. The van der Waals surface area contributed by atoms with Crippen LogP contribution in [0.2, 0.25) is 0 Å². The van der Waals surface area contributed by atoms with E-state index < -0.39 is 0 Å². The standard InChI is InChI=1S/C20H25N3O3/c1-15-21-9-11-23(15)10-6-19(24)22-17-14-20(7-12-25-13-8-20)26-18-5-3-2-4-16(17)18/h2-5,9,11,17H,6-8,10,12-14H2,1H3,(H,22,24)/t17-/m1/s1. The summed E-state index contributed by atoms with van der Waals surface area (Å²) in [7, 11) is 0. The summed E-state index contributed by atoms with van der Waals surface area (Å²) >= 11 is 0. The van der Waals surface area contributed by atoms with E-state index in [4.69, 9.17) is 9.47 Å². The first-order chi connectivity index (χ1) is 12.7. The number of carbonyl (C=O) groups excluding carboxylic acids is 1. The highest BCUT2D eigenvalue weighted by Gasteiger charge is 2.42. The van der Waals surface area contributed by atoms with Gasteiger partial charge in [-0.1, -0.05) is 18.2 Å². The Morgan fingerprint density at radius 3 is 2.92 bits per heavy atom. The molecular formula is C20H25N3O3. The predicted molar refractivity (Wildman–Crippen MR) is 96.9 cm³/mol. The number of nitrogens with one attached hydrogen (secondary N) is 1. The minimum Gasteiger partial charge on any atom is -0.487 e. The van der Waals surface area contributed by atoms with Crippen molar-refractivity contribution in [3.8, 4) is 5.75 Å². The molecule has 3 heterocycles. The fourth-order valence-electron chi connectivity index (χ4n) is 3.93. The van der Waals surface area contributed by atoms with Crippen LogP contribution in [0.4, 0.5) is 0 Å². The Morgan fingerprint density at radius 2 is 2.15 bits per heavy atom. The van der Waals surface area contributed by atoms with E-state index >= 15 is 0 Å². The van der Waals surface area contributed by atoms with Crippen molar-refractivity contribution in [2.75, 3.05) is 13.2 Å². The molecule has 1 spiro atoms. The van der Waals surface area contributed by atoms with E-state index in [1.54, 1.807) is 6.20 Å². The third kappa shape index (κ3) is 3.46. The minimum atomic E-state index is -0.231. The maximum atomic E-state index is 12.6. The van der Waals surface area contributed by atoms with Gasteiger partial charge in [0.1, 0.15) is 17.2 Å². The molecule has 1 aromatic carbocycles. The van der Waals surface area contributed by atoms with E-state index in [0.29, 0.717) is 26.2 Å². The van der Waals surface area contributed by atoms with Crippen molar-refractivity contribution in [1.82, 2.24) is 14.9 Å². The molecule has 138 valence electrons. The van der Waals surface area contributed by atoms with Crippen molar-refractivity contribution < 1.29 is 14.3 Å². The molecule has 1 amide bonds. The molecule has 0 saturated carbocycles. The SMILES string of the molecule is Cc1nccn1CCC(=O)N[C@@H]1CC2(CCOCC2)Oc2ccccc21. The molecule has 1 aromatic heterocycles. The molecule has 2 aliphatic rings. The lowest BCUT2D eigenvalue weighted by molar-refractivity contribution is -0.123. The minimum absolute atomic E-state index is 0.0190. The van der Waals surface area contributed by atoms with Gasteiger partial charge in [-0.15, -0.1) is 0 Å². The number of amides is 1. The Balaban J connectivity index is 1.47. The molecule has 2 aliphatic heterocycles. The fourth-order valence-corrected chi connectivity index (χ4v) is 3.93. The van der Waals surface area contributed by atoms with E-state index in [2.05, 4.69) is 10.3 Å². The fraction of sp³-hybridized carbons (Fsp3) is 0.500. The summed E-state index contributed by atoms with van der Waals surface area (Å²) in [6, 6.07) is 8.01. The number of para-hydroxylation sites is 1. The van der Waals surface area contributed by atoms with Gasteiger partial charge in [0.25, 0.3) is 0 Å². The number of hydrogen-bond acceptors (Lipinski definition) is 4. The van der Waals surface area contributed by atoms with Crippen LogP contribution in [0.3, 0.4) is 0 Å². The van der Waals surface area contributed by atoms with Crippen LogP contribution in [0.5, 0.6) is 5.75 Å². The average molecular weight is 355 g/mol. The Morgan fingerprint density at radius 1 is 1.35 bits per heavy atom. The van der Waals surface area contributed by atoms with E-state index in [1.165, 1.54) is 0 Å². The molecule has 0 radical (unpaired) electrons. The second-order valence-corrected chi connectivity index (χ2v) is 7.18. The Kier molecular flexibility index (Phi) is 4.68. The number of imidazole rings is 1. The molecule has 1 atom stereocenters. The number of aromatic nitrogens is 2. The number of aryl methyl sites for hydroxylation is 2. The number of fused-ring (bicyclic) bond motifs is 1. The van der Waals surface area contributed by atoms with E-state index in [1.807, 2.05) is 42.0 Å². The molecule has 0 bridgehead atoms. The zero-order valence-electron chi connectivity index (χ0n) is 15.1. The summed E-state index contributed by atoms with van der Waals surface area (Å²) in [5.41, 5.74) is 0.836. The zero-order valence-corrected chi connectivity index (χ0v) is 15.1. The summed E-state index contributed by atoms with van der Waals surface area (Å²) < 4.78 is 13.9. The van der Waals surface area contributed by atoms with Gasteiger partial charge in [0.2, 0.25) is 5.91 Å². The predicted octanol–water partition coefficient (Wildman–Crippen LogP) is 2.77. The normalized spacial score (nSPS) is 21.0. The molecule has 0 unspecified atom stereocenters. The topological polar surface area (TPSA) is 65.4 Å². The van der Waals surface area contributed by atoms with Gasteiger partial charge >= 0.3 is 0 Å². The van der Waals surface area contributed by atoms with Crippen molar-refractivity contribution >= 4 is 5.91 Å². The van der Waals surface area contributed by atoms with Crippen LogP contribution in [0.15, 0.2) is 36.7 Å². The van der Waals surface area contributed by atoms with Gasteiger partial charge in [0, 0.05) is 50.2 Å². The summed E-state index contributed by atoms with van der Waals surface area (Å²) in [4.78, 5) is 16.8.